The fourth-order valence-electron chi connectivity index (χ4n) is 2.14. The molecule has 2 heterocycles. The highest BCUT2D eigenvalue weighted by molar-refractivity contribution is 7.10. The zero-order valence-electron chi connectivity index (χ0n) is 10.9. The summed E-state index contributed by atoms with van der Waals surface area (Å²) in [5.74, 6) is 1.71. The highest BCUT2D eigenvalue weighted by atomic mass is 32.1. The van der Waals surface area contributed by atoms with Gasteiger partial charge in [-0.05, 0) is 41.8 Å². The topological polar surface area (TPSA) is 30.5 Å². The van der Waals surface area contributed by atoms with Gasteiger partial charge >= 0.3 is 0 Å². The first-order valence-corrected chi connectivity index (χ1v) is 7.37. The molecule has 2 aromatic rings. The average molecular weight is 275 g/mol. The summed E-state index contributed by atoms with van der Waals surface area (Å²) in [7, 11) is 1.97. The highest BCUT2D eigenvalue weighted by Crippen LogP contribution is 2.35. The van der Waals surface area contributed by atoms with Crippen molar-refractivity contribution >= 4 is 11.3 Å². The Balaban J connectivity index is 1.89. The van der Waals surface area contributed by atoms with Crippen molar-refractivity contribution in [3.63, 3.8) is 0 Å². The van der Waals surface area contributed by atoms with Gasteiger partial charge in [0.1, 0.15) is 0 Å². The predicted octanol–water partition coefficient (Wildman–Crippen LogP) is 3.30. The van der Waals surface area contributed by atoms with E-state index in [9.17, 15) is 0 Å². The van der Waals surface area contributed by atoms with Crippen molar-refractivity contribution in [1.29, 1.82) is 0 Å². The third-order valence-electron chi connectivity index (χ3n) is 3.09. The number of hydrogen-bond acceptors (Lipinski definition) is 4. The minimum Gasteiger partial charge on any atom is -0.490 e. The van der Waals surface area contributed by atoms with Gasteiger partial charge in [-0.2, -0.15) is 0 Å². The van der Waals surface area contributed by atoms with Gasteiger partial charge in [0.2, 0.25) is 0 Å². The Hall–Kier alpha value is -1.52. The van der Waals surface area contributed by atoms with Crippen LogP contribution in [0.15, 0.2) is 29.6 Å². The molecule has 0 radical (unpaired) electrons. The molecule has 4 heteroatoms. The summed E-state index contributed by atoms with van der Waals surface area (Å²) in [5.41, 5.74) is 2.42. The van der Waals surface area contributed by atoms with E-state index >= 15 is 0 Å². The lowest BCUT2D eigenvalue weighted by Gasteiger charge is -2.08. The zero-order chi connectivity index (χ0) is 13.1. The maximum Gasteiger partial charge on any atom is 0.161 e. The number of ether oxygens (including phenoxy) is 2. The Morgan fingerprint density at radius 3 is 2.79 bits per heavy atom. The van der Waals surface area contributed by atoms with E-state index in [1.807, 2.05) is 13.1 Å². The number of hydrogen-bond donors (Lipinski definition) is 1. The van der Waals surface area contributed by atoms with Gasteiger partial charge in [-0.3, -0.25) is 0 Å². The molecule has 1 aliphatic heterocycles. The Bertz CT molecular complexity index is 565. The van der Waals surface area contributed by atoms with E-state index < -0.39 is 0 Å². The standard InChI is InChI=1S/C15H17NO2S/c1-16-9-13-7-12(10-19-13)11-3-4-14-15(8-11)18-6-2-5-17-14/h3-4,7-8,10,16H,2,5-6,9H2,1H3. The van der Waals surface area contributed by atoms with Crippen LogP contribution < -0.4 is 14.8 Å². The van der Waals surface area contributed by atoms with Gasteiger partial charge in [0.25, 0.3) is 0 Å². The summed E-state index contributed by atoms with van der Waals surface area (Å²) in [5, 5.41) is 5.36. The lowest BCUT2D eigenvalue weighted by Crippen LogP contribution is -2.02. The predicted molar refractivity (Wildman–Crippen MR) is 78.1 cm³/mol. The SMILES string of the molecule is CNCc1cc(-c2ccc3c(c2)OCCCO3)cs1. The van der Waals surface area contributed by atoms with E-state index in [0.29, 0.717) is 0 Å². The minimum absolute atomic E-state index is 0.727. The second-order valence-electron chi connectivity index (χ2n) is 4.54. The van der Waals surface area contributed by atoms with E-state index in [1.54, 1.807) is 11.3 Å². The smallest absolute Gasteiger partial charge is 0.161 e. The van der Waals surface area contributed by atoms with Gasteiger partial charge in [0.05, 0.1) is 13.2 Å². The highest BCUT2D eigenvalue weighted by Gasteiger charge is 2.12. The summed E-state index contributed by atoms with van der Waals surface area (Å²) in [6.07, 6.45) is 0.939. The van der Waals surface area contributed by atoms with Crippen LogP contribution in [0.3, 0.4) is 0 Å². The van der Waals surface area contributed by atoms with Crippen molar-refractivity contribution in [3.05, 3.63) is 34.5 Å². The van der Waals surface area contributed by atoms with Gasteiger partial charge in [-0.1, -0.05) is 6.07 Å². The average Bonchev–Trinajstić information content (AvgIpc) is 2.76. The number of benzene rings is 1. The van der Waals surface area contributed by atoms with Crippen LogP contribution in [0.4, 0.5) is 0 Å². The number of thiophene rings is 1. The van der Waals surface area contributed by atoms with Crippen molar-refractivity contribution < 1.29 is 9.47 Å². The number of rotatable bonds is 3. The van der Waals surface area contributed by atoms with Crippen LogP contribution in [-0.2, 0) is 6.54 Å². The summed E-state index contributed by atoms with van der Waals surface area (Å²) in [6, 6.07) is 8.40. The van der Waals surface area contributed by atoms with E-state index in [2.05, 4.69) is 28.9 Å². The Kier molecular flexibility index (Phi) is 3.71. The summed E-state index contributed by atoms with van der Waals surface area (Å²) >= 11 is 1.78. The van der Waals surface area contributed by atoms with Crippen molar-refractivity contribution in [2.75, 3.05) is 20.3 Å². The first-order chi connectivity index (χ1) is 9.36. The van der Waals surface area contributed by atoms with Crippen molar-refractivity contribution in [2.24, 2.45) is 0 Å². The normalized spacial score (nSPS) is 14.2. The summed E-state index contributed by atoms with van der Waals surface area (Å²) < 4.78 is 11.4. The van der Waals surface area contributed by atoms with Crippen LogP contribution in [0.2, 0.25) is 0 Å². The Morgan fingerprint density at radius 2 is 1.95 bits per heavy atom. The van der Waals surface area contributed by atoms with Crippen LogP contribution >= 0.6 is 11.3 Å². The van der Waals surface area contributed by atoms with Crippen molar-refractivity contribution in [3.8, 4) is 22.6 Å². The maximum atomic E-state index is 5.73. The molecule has 3 rings (SSSR count). The molecule has 0 fully saturated rings. The van der Waals surface area contributed by atoms with Crippen LogP contribution in [0.1, 0.15) is 11.3 Å². The lowest BCUT2D eigenvalue weighted by atomic mass is 10.1. The molecule has 0 aliphatic carbocycles. The monoisotopic (exact) mass is 275 g/mol. The quantitative estimate of drug-likeness (QED) is 0.932. The summed E-state index contributed by atoms with van der Waals surface area (Å²) in [4.78, 5) is 1.34. The molecular weight excluding hydrogens is 258 g/mol. The fourth-order valence-corrected chi connectivity index (χ4v) is 3.05. The molecule has 1 aromatic heterocycles. The van der Waals surface area contributed by atoms with E-state index in [0.717, 1.165) is 37.7 Å². The van der Waals surface area contributed by atoms with Gasteiger partial charge < -0.3 is 14.8 Å². The summed E-state index contributed by atoms with van der Waals surface area (Å²) in [6.45, 7) is 2.37. The Morgan fingerprint density at radius 1 is 1.11 bits per heavy atom. The molecule has 0 atom stereocenters. The second-order valence-corrected chi connectivity index (χ2v) is 5.54. The molecule has 0 spiro atoms. The molecule has 19 heavy (non-hydrogen) atoms. The van der Waals surface area contributed by atoms with Gasteiger partial charge in [-0.15, -0.1) is 11.3 Å². The lowest BCUT2D eigenvalue weighted by molar-refractivity contribution is 0.297. The molecule has 0 bridgehead atoms. The van der Waals surface area contributed by atoms with E-state index in [1.165, 1.54) is 16.0 Å². The Labute approximate surface area is 117 Å². The molecular formula is C15H17NO2S. The van der Waals surface area contributed by atoms with Gasteiger partial charge in [0, 0.05) is 17.8 Å². The minimum atomic E-state index is 0.727. The van der Waals surface area contributed by atoms with E-state index in [4.69, 9.17) is 9.47 Å². The molecule has 0 saturated carbocycles. The van der Waals surface area contributed by atoms with Gasteiger partial charge in [-0.25, -0.2) is 0 Å². The van der Waals surface area contributed by atoms with Crippen LogP contribution in [0, 0.1) is 0 Å². The molecule has 0 unspecified atom stereocenters. The van der Waals surface area contributed by atoms with E-state index in [-0.39, 0.29) is 0 Å². The van der Waals surface area contributed by atoms with Crippen LogP contribution in [-0.4, -0.2) is 20.3 Å². The van der Waals surface area contributed by atoms with Crippen LogP contribution in [0.25, 0.3) is 11.1 Å². The third kappa shape index (κ3) is 2.74. The number of nitrogens with one attached hydrogen (secondary N) is 1. The molecule has 0 amide bonds. The number of fused-ring (bicyclic) bond motifs is 1. The maximum absolute atomic E-state index is 5.73. The largest absolute Gasteiger partial charge is 0.490 e. The van der Waals surface area contributed by atoms with Crippen LogP contribution in [0.5, 0.6) is 11.5 Å². The first kappa shape index (κ1) is 12.5. The molecule has 3 nitrogen and oxygen atoms in total. The second kappa shape index (κ2) is 5.63. The molecule has 1 aliphatic rings. The van der Waals surface area contributed by atoms with Gasteiger partial charge in [0.15, 0.2) is 11.5 Å². The third-order valence-corrected chi connectivity index (χ3v) is 4.02. The zero-order valence-corrected chi connectivity index (χ0v) is 11.8. The molecule has 100 valence electrons. The van der Waals surface area contributed by atoms with Crippen molar-refractivity contribution in [1.82, 2.24) is 5.32 Å². The molecule has 0 saturated heterocycles. The fraction of sp³-hybridized carbons (Fsp3) is 0.333. The first-order valence-electron chi connectivity index (χ1n) is 6.49. The molecule has 1 aromatic carbocycles. The molecule has 1 N–H and O–H groups in total. The van der Waals surface area contributed by atoms with Crippen molar-refractivity contribution in [2.45, 2.75) is 13.0 Å².